The summed E-state index contributed by atoms with van der Waals surface area (Å²) in [5, 5.41) is 22.8. The van der Waals surface area contributed by atoms with Gasteiger partial charge in [-0.25, -0.2) is 27.3 Å². The van der Waals surface area contributed by atoms with Gasteiger partial charge in [-0.05, 0) is 152 Å². The summed E-state index contributed by atoms with van der Waals surface area (Å²) in [5.41, 5.74) is 9.71. The molecule has 11 rings (SSSR count). The Morgan fingerprint density at radius 1 is 0.588 bits per heavy atom. The van der Waals surface area contributed by atoms with Crippen molar-refractivity contribution in [2.45, 2.75) is 200 Å². The number of fused-ring (bicyclic) bond motifs is 3. The molecule has 4 aromatic heterocycles. The quantitative estimate of drug-likeness (QED) is 0.0204. The first kappa shape index (κ1) is 100. The number of aryl methyl sites for hydroxylation is 3. The van der Waals surface area contributed by atoms with Gasteiger partial charge in [0.2, 0.25) is 11.7 Å². The van der Waals surface area contributed by atoms with Crippen molar-refractivity contribution in [2.75, 3.05) is 26.4 Å². The van der Waals surface area contributed by atoms with Crippen molar-refractivity contribution in [2.24, 2.45) is 17.4 Å². The van der Waals surface area contributed by atoms with Crippen LogP contribution < -0.4 is 35.6 Å². The number of alkyl halides is 15. The van der Waals surface area contributed by atoms with Gasteiger partial charge in [-0.15, -0.1) is 0 Å². The molecule has 4 heterocycles. The van der Waals surface area contributed by atoms with Crippen LogP contribution in [0.5, 0.6) is 0 Å². The summed E-state index contributed by atoms with van der Waals surface area (Å²) in [5.74, 6) is -12.3. The number of nitrogens with one attached hydrogen (secondary N) is 1. The van der Waals surface area contributed by atoms with E-state index in [1.54, 1.807) is 19.9 Å². The van der Waals surface area contributed by atoms with Gasteiger partial charge in [0.05, 0.1) is 66.5 Å². The standard InChI is InChI=1S/C29H23F6N5O2.C11H13F3N2O2.C9H9F3N2O2.C7H7F3O2.C5H11NO2.C5H8O.C4H5F3O2.CH4.Li.H2O/c30-17-9-15(10-18(31)13-17)11-24(26-19(4-2-8-37-26)16-6-7-22(32)21(12-16)28(36)42)38-25(41)14-40-27(29(33,34)35)20-3-1-5-23(20)39-40;1-2-18-9(17)6-16-10(11(12,13)14)7-4-3-5-8(7)15-16;10-9(11,12)8-5-2-1-3-6(5)13-14(8)4-7(15)16;8-7(9,10)6(12)4-2-1-3-5(4)11;1-2-8-5(7)3-4-6;6-5-3-1-2-4-5;1-2-9-3(8)4(5,6)7;;;/h2,4,6-10,12-13,24H,1,3,5,11,14H2,(H2,36,42)(H,38,41);2-6H2,1H3;1-4H2,(H,15,16);4H,1-3H2;2-4,6H2,1H3;1-4H2;2H2,1H3;1H4;;1H2/q;;;;;;;;+1;/p-1/t24-;;;;;;;;;/m0........./s1. The first-order chi connectivity index (χ1) is 51.8. The van der Waals surface area contributed by atoms with Crippen LogP contribution in [0.25, 0.3) is 11.1 Å². The molecule has 0 aliphatic heterocycles. The SMILES string of the molecule is C.CCOC(=O)C(F)(F)F.CCOC(=O)CCN.CCOC(=O)Cn1nc2c(c1C(F)(F)F)CCC2.NC(=O)c1cc(-c2cccnc2[C@H](Cc2cc(F)cc(F)c2)NC(=O)Cn2nc3c(c2C(F)(F)F)CCC3)ccc1F.O=C(O)Cn1nc2c(c1C(F)(F)F)CCC2.O=C1CCCC1.O=C1CCCC1C(=O)C(F)(F)F.[Li+].[OH-]. The predicted octanol–water partition coefficient (Wildman–Crippen LogP) is 9.59. The fraction of sp³-hybridized carbons (Fsp3) is 0.507. The summed E-state index contributed by atoms with van der Waals surface area (Å²) in [6.45, 7) is 3.37. The summed E-state index contributed by atoms with van der Waals surface area (Å²) >= 11 is 0. The molecule has 2 atom stereocenters. The van der Waals surface area contributed by atoms with Crippen LogP contribution in [0.2, 0.25) is 0 Å². The third-order valence-corrected chi connectivity index (χ3v) is 16.5. The van der Waals surface area contributed by atoms with E-state index in [9.17, 15) is 122 Å². The van der Waals surface area contributed by atoms with Crippen LogP contribution in [0, 0.1) is 23.4 Å². The zero-order valence-electron chi connectivity index (χ0n) is 60.9. The molecule has 1 unspecified atom stereocenters. The Balaban J connectivity index is 0.000000508. The van der Waals surface area contributed by atoms with Crippen LogP contribution >= 0.6 is 0 Å². The number of hydrogen-bond acceptors (Lipinski definition) is 18. The second-order valence-electron chi connectivity index (χ2n) is 24.7. The molecule has 0 radical (unpaired) electrons. The Morgan fingerprint density at radius 2 is 1.05 bits per heavy atom. The van der Waals surface area contributed by atoms with Gasteiger partial charge >= 0.3 is 73.6 Å². The van der Waals surface area contributed by atoms with Crippen molar-refractivity contribution in [1.82, 2.24) is 39.6 Å². The summed E-state index contributed by atoms with van der Waals surface area (Å²) in [6, 6.07) is 8.32. The van der Waals surface area contributed by atoms with E-state index in [2.05, 4.69) is 39.8 Å². The molecule has 5 aliphatic rings. The molecular weight excluding hydrogens is 1570 g/mol. The van der Waals surface area contributed by atoms with Gasteiger partial charge in [-0.1, -0.05) is 19.6 Å². The predicted molar refractivity (Wildman–Crippen MR) is 360 cm³/mol. The van der Waals surface area contributed by atoms with Gasteiger partial charge in [-0.3, -0.25) is 48.0 Å². The van der Waals surface area contributed by atoms with Crippen LogP contribution in [0.1, 0.15) is 177 Å². The zero-order chi connectivity index (χ0) is 83.1. The van der Waals surface area contributed by atoms with Crippen LogP contribution in [0.15, 0.2) is 54.7 Å². The van der Waals surface area contributed by atoms with E-state index >= 15 is 0 Å². The number of esters is 3. The fourth-order valence-electron chi connectivity index (χ4n) is 12.1. The molecule has 2 fully saturated rings. The number of rotatable bonds is 18. The number of ether oxygens (including phenoxy) is 3. The molecule has 626 valence electrons. The number of aliphatic carboxylic acids is 1. The Morgan fingerprint density at radius 3 is 1.44 bits per heavy atom. The number of amides is 2. The fourth-order valence-corrected chi connectivity index (χ4v) is 12.1. The first-order valence-corrected chi connectivity index (χ1v) is 34.2. The van der Waals surface area contributed by atoms with Gasteiger partial charge in [0, 0.05) is 60.3 Å². The average Bonchev–Trinajstić information content (AvgIpc) is 1.62. The van der Waals surface area contributed by atoms with Crippen LogP contribution in [0.4, 0.5) is 79.0 Å². The number of hydrogen-bond donors (Lipinski definition) is 4. The summed E-state index contributed by atoms with van der Waals surface area (Å²) < 4.78 is 245. The molecule has 24 nitrogen and oxygen atoms in total. The van der Waals surface area contributed by atoms with E-state index in [1.165, 1.54) is 31.3 Å². The Kier molecular flexibility index (Phi) is 39.5. The molecule has 0 spiro atoms. The number of carbonyl (C=O) groups is 9. The van der Waals surface area contributed by atoms with Gasteiger partial charge in [-0.2, -0.15) is 81.2 Å². The third kappa shape index (κ3) is 29.9. The minimum atomic E-state index is -4.86. The van der Waals surface area contributed by atoms with Crippen LogP contribution in [-0.4, -0.2) is 137 Å². The molecule has 0 bridgehead atoms. The Bertz CT molecular complexity index is 4230. The Labute approximate surface area is 651 Å². The second-order valence-corrected chi connectivity index (χ2v) is 24.7. The van der Waals surface area contributed by atoms with Crippen molar-refractivity contribution < 1.29 is 166 Å². The number of halogens is 18. The van der Waals surface area contributed by atoms with Gasteiger partial charge < -0.3 is 41.6 Å². The van der Waals surface area contributed by atoms with Gasteiger partial charge in [0.15, 0.2) is 0 Å². The minimum Gasteiger partial charge on any atom is -0.870 e. The van der Waals surface area contributed by atoms with Crippen molar-refractivity contribution in [3.05, 3.63) is 140 Å². The number of aromatic nitrogens is 7. The number of Topliss-reactive ketones (excluding diaryl/α,β-unsaturated/α-hetero) is 3. The average molecular weight is 1650 g/mol. The zero-order valence-corrected chi connectivity index (χ0v) is 60.9. The number of primary amides is 1. The molecule has 43 heteroatoms. The van der Waals surface area contributed by atoms with E-state index < -0.39 is 144 Å². The maximum atomic E-state index is 14.2. The number of nitrogens with zero attached hydrogens (tertiary/aromatic N) is 7. The first-order valence-electron chi connectivity index (χ1n) is 34.2. The normalized spacial score (nSPS) is 14.7. The number of carboxylic acid groups (broad SMARTS) is 1. The second kappa shape index (κ2) is 44.8. The van der Waals surface area contributed by atoms with Gasteiger partial charge in [0.25, 0.3) is 5.91 Å². The molecule has 2 saturated carbocycles. The van der Waals surface area contributed by atoms with Gasteiger partial charge in [0.1, 0.15) is 65.7 Å². The van der Waals surface area contributed by atoms with Crippen LogP contribution in [-0.2, 0) is 136 Å². The summed E-state index contributed by atoms with van der Waals surface area (Å²) in [4.78, 5) is 103. The number of pyridine rings is 1. The number of carbonyl (C=O) groups excluding carboxylic acids is 8. The molecule has 2 aromatic carbocycles. The van der Waals surface area contributed by atoms with E-state index in [1.807, 2.05) is 0 Å². The maximum absolute atomic E-state index is 14.2. The maximum Gasteiger partial charge on any atom is 1.00 e. The van der Waals surface area contributed by atoms with Crippen molar-refractivity contribution in [3.8, 4) is 11.1 Å². The molecule has 6 aromatic rings. The Hall–Kier alpha value is -9.69. The van der Waals surface area contributed by atoms with Crippen molar-refractivity contribution >= 4 is 53.0 Å². The number of nitrogens with two attached hydrogens (primary N) is 2. The van der Waals surface area contributed by atoms with E-state index in [0.29, 0.717) is 121 Å². The van der Waals surface area contributed by atoms with E-state index in [4.69, 9.17) is 16.6 Å². The smallest absolute Gasteiger partial charge is 0.870 e. The summed E-state index contributed by atoms with van der Waals surface area (Å²) in [6.07, 6.45) is -13.3. The molecule has 5 aliphatic carbocycles. The third-order valence-electron chi connectivity index (χ3n) is 16.5. The monoisotopic (exact) mass is 1650 g/mol. The largest absolute Gasteiger partial charge is 1.00 e. The molecule has 114 heavy (non-hydrogen) atoms. The molecule has 2 amide bonds. The molecular formula is C71H81F18LiN10O14. The molecule has 7 N–H and O–H groups in total. The van der Waals surface area contributed by atoms with E-state index in [-0.39, 0.29) is 110 Å². The van der Waals surface area contributed by atoms with Crippen LogP contribution in [0.3, 0.4) is 0 Å². The molecule has 0 saturated heterocycles. The van der Waals surface area contributed by atoms with E-state index in [0.717, 1.165) is 48.6 Å². The minimum absolute atomic E-state index is 0. The topological polar surface area (TPSA) is 362 Å². The summed E-state index contributed by atoms with van der Waals surface area (Å²) in [7, 11) is 0. The van der Waals surface area contributed by atoms with Crippen molar-refractivity contribution in [1.29, 1.82) is 0 Å². The number of ketones is 3. The number of carboxylic acids is 1. The number of benzene rings is 2. The van der Waals surface area contributed by atoms with Crippen molar-refractivity contribution in [3.63, 3.8) is 0 Å².